The minimum atomic E-state index is 0.204. The molecule has 0 bridgehead atoms. The minimum absolute atomic E-state index is 0.204. The van der Waals surface area contributed by atoms with E-state index in [0.717, 1.165) is 25.9 Å². The Morgan fingerprint density at radius 2 is 2.14 bits per heavy atom. The summed E-state index contributed by atoms with van der Waals surface area (Å²) in [5.74, 6) is 0.204. The summed E-state index contributed by atoms with van der Waals surface area (Å²) in [6.07, 6.45) is 9.74. The lowest BCUT2D eigenvalue weighted by molar-refractivity contribution is -0.123. The van der Waals surface area contributed by atoms with Crippen LogP contribution in [-0.4, -0.2) is 49.6 Å². The number of unbranched alkanes of at least 4 members (excludes halogenated alkanes) is 2. The quantitative estimate of drug-likeness (QED) is 0.609. The number of hydrogen-bond acceptors (Lipinski definition) is 3. The van der Waals surface area contributed by atoms with Crippen molar-refractivity contribution >= 4 is 5.91 Å². The Balaban J connectivity index is 2.30. The van der Waals surface area contributed by atoms with Crippen LogP contribution in [0.15, 0.2) is 0 Å². The van der Waals surface area contributed by atoms with Gasteiger partial charge in [-0.3, -0.25) is 9.69 Å². The summed E-state index contributed by atoms with van der Waals surface area (Å²) in [6.45, 7) is 7.03. The first kappa shape index (κ1) is 18.4. The fraction of sp³-hybridized carbons (Fsp3) is 0.941. The Labute approximate surface area is 131 Å². The Kier molecular flexibility index (Phi) is 9.68. The molecule has 1 amide bonds. The average molecular weight is 297 g/mol. The molecular weight excluding hydrogens is 262 g/mol. The number of nitrogens with zero attached hydrogens (tertiary/aromatic N) is 1. The van der Waals surface area contributed by atoms with Gasteiger partial charge in [-0.1, -0.05) is 32.6 Å². The third kappa shape index (κ3) is 7.82. The molecule has 21 heavy (non-hydrogen) atoms. The SMILES string of the molecule is CCCCCC(C)NC(=O)CN1CCCCC1CCNC. The molecule has 0 aromatic rings. The van der Waals surface area contributed by atoms with Gasteiger partial charge in [0.15, 0.2) is 0 Å². The zero-order valence-corrected chi connectivity index (χ0v) is 14.3. The Bertz CT molecular complexity index is 283. The highest BCUT2D eigenvalue weighted by atomic mass is 16.2. The summed E-state index contributed by atoms with van der Waals surface area (Å²) in [5, 5.41) is 6.39. The molecule has 1 aliphatic rings. The van der Waals surface area contributed by atoms with Crippen LogP contribution < -0.4 is 10.6 Å². The molecule has 0 aromatic carbocycles. The van der Waals surface area contributed by atoms with Crippen LogP contribution in [0.4, 0.5) is 0 Å². The zero-order chi connectivity index (χ0) is 15.5. The topological polar surface area (TPSA) is 44.4 Å². The van der Waals surface area contributed by atoms with E-state index in [-0.39, 0.29) is 5.91 Å². The van der Waals surface area contributed by atoms with Gasteiger partial charge in [-0.25, -0.2) is 0 Å². The molecule has 2 N–H and O–H groups in total. The van der Waals surface area contributed by atoms with Crippen molar-refractivity contribution in [3.8, 4) is 0 Å². The number of carbonyl (C=O) groups is 1. The summed E-state index contributed by atoms with van der Waals surface area (Å²) in [6, 6.07) is 0.886. The molecule has 2 unspecified atom stereocenters. The maximum Gasteiger partial charge on any atom is 0.234 e. The van der Waals surface area contributed by atoms with Gasteiger partial charge in [0, 0.05) is 12.1 Å². The number of amides is 1. The molecule has 4 nitrogen and oxygen atoms in total. The van der Waals surface area contributed by atoms with E-state index in [2.05, 4.69) is 29.4 Å². The fourth-order valence-electron chi connectivity index (χ4n) is 3.18. The molecule has 0 radical (unpaired) electrons. The number of rotatable bonds is 10. The van der Waals surface area contributed by atoms with Crippen molar-refractivity contribution in [3.63, 3.8) is 0 Å². The Hall–Kier alpha value is -0.610. The molecule has 0 saturated carbocycles. The van der Waals surface area contributed by atoms with Crippen LogP contribution in [0.5, 0.6) is 0 Å². The number of carbonyl (C=O) groups excluding carboxylic acids is 1. The van der Waals surface area contributed by atoms with Crippen molar-refractivity contribution in [1.29, 1.82) is 0 Å². The third-order valence-corrected chi connectivity index (χ3v) is 4.47. The van der Waals surface area contributed by atoms with Gasteiger partial charge in [-0.2, -0.15) is 0 Å². The normalized spacial score (nSPS) is 21.2. The van der Waals surface area contributed by atoms with Crippen molar-refractivity contribution in [1.82, 2.24) is 15.5 Å². The molecule has 1 aliphatic heterocycles. The second-order valence-electron chi connectivity index (χ2n) is 6.48. The van der Waals surface area contributed by atoms with E-state index >= 15 is 0 Å². The van der Waals surface area contributed by atoms with Crippen LogP contribution in [0.25, 0.3) is 0 Å². The standard InChI is InChI=1S/C17H35N3O/c1-4-5-6-9-15(2)19-17(21)14-20-13-8-7-10-16(20)11-12-18-3/h15-16,18H,4-14H2,1-3H3,(H,19,21). The van der Waals surface area contributed by atoms with Gasteiger partial charge in [-0.15, -0.1) is 0 Å². The van der Waals surface area contributed by atoms with Gasteiger partial charge in [0.25, 0.3) is 0 Å². The molecular formula is C17H35N3O. The fourth-order valence-corrected chi connectivity index (χ4v) is 3.18. The average Bonchev–Trinajstić information content (AvgIpc) is 2.46. The molecule has 4 heteroatoms. The second kappa shape index (κ2) is 11.0. The summed E-state index contributed by atoms with van der Waals surface area (Å²) in [5.41, 5.74) is 0. The van der Waals surface area contributed by atoms with E-state index in [4.69, 9.17) is 0 Å². The van der Waals surface area contributed by atoms with Crippen molar-refractivity contribution in [2.45, 2.75) is 77.3 Å². The second-order valence-corrected chi connectivity index (χ2v) is 6.48. The summed E-state index contributed by atoms with van der Waals surface area (Å²) < 4.78 is 0. The van der Waals surface area contributed by atoms with Gasteiger partial charge in [0.2, 0.25) is 5.91 Å². The van der Waals surface area contributed by atoms with E-state index in [1.807, 2.05) is 7.05 Å². The zero-order valence-electron chi connectivity index (χ0n) is 14.3. The first-order valence-electron chi connectivity index (χ1n) is 8.85. The van der Waals surface area contributed by atoms with Crippen LogP contribution in [-0.2, 0) is 4.79 Å². The number of nitrogens with one attached hydrogen (secondary N) is 2. The van der Waals surface area contributed by atoms with Crippen molar-refractivity contribution < 1.29 is 4.79 Å². The Morgan fingerprint density at radius 3 is 2.86 bits per heavy atom. The largest absolute Gasteiger partial charge is 0.353 e. The van der Waals surface area contributed by atoms with E-state index in [0.29, 0.717) is 18.6 Å². The highest BCUT2D eigenvalue weighted by Gasteiger charge is 2.24. The number of likely N-dealkylation sites (tertiary alicyclic amines) is 1. The van der Waals surface area contributed by atoms with Crippen molar-refractivity contribution in [3.05, 3.63) is 0 Å². The number of hydrogen-bond donors (Lipinski definition) is 2. The van der Waals surface area contributed by atoms with E-state index < -0.39 is 0 Å². The van der Waals surface area contributed by atoms with E-state index in [9.17, 15) is 4.79 Å². The number of piperidine rings is 1. The molecule has 124 valence electrons. The summed E-state index contributed by atoms with van der Waals surface area (Å²) >= 11 is 0. The van der Waals surface area contributed by atoms with Crippen LogP contribution in [0.3, 0.4) is 0 Å². The van der Waals surface area contributed by atoms with Gasteiger partial charge >= 0.3 is 0 Å². The van der Waals surface area contributed by atoms with Crippen LogP contribution >= 0.6 is 0 Å². The lowest BCUT2D eigenvalue weighted by atomic mass is 9.99. The lowest BCUT2D eigenvalue weighted by Crippen LogP contribution is -2.47. The molecule has 1 rings (SSSR count). The Morgan fingerprint density at radius 1 is 1.33 bits per heavy atom. The molecule has 0 aromatic heterocycles. The predicted molar refractivity (Wildman–Crippen MR) is 89.5 cm³/mol. The van der Waals surface area contributed by atoms with Gasteiger partial charge in [0.1, 0.15) is 0 Å². The molecule has 1 heterocycles. The summed E-state index contributed by atoms with van der Waals surface area (Å²) in [4.78, 5) is 14.6. The van der Waals surface area contributed by atoms with Crippen LogP contribution in [0.2, 0.25) is 0 Å². The first-order valence-corrected chi connectivity index (χ1v) is 8.85. The third-order valence-electron chi connectivity index (χ3n) is 4.47. The van der Waals surface area contributed by atoms with Crippen molar-refractivity contribution in [2.75, 3.05) is 26.7 Å². The molecule has 2 atom stereocenters. The van der Waals surface area contributed by atoms with Gasteiger partial charge < -0.3 is 10.6 Å². The van der Waals surface area contributed by atoms with Gasteiger partial charge in [0.05, 0.1) is 6.54 Å². The molecule has 1 fully saturated rings. The molecule has 0 aliphatic carbocycles. The maximum absolute atomic E-state index is 12.2. The smallest absolute Gasteiger partial charge is 0.234 e. The predicted octanol–water partition coefficient (Wildman–Crippen LogP) is 2.54. The monoisotopic (exact) mass is 297 g/mol. The first-order chi connectivity index (χ1) is 10.2. The summed E-state index contributed by atoms with van der Waals surface area (Å²) in [7, 11) is 2.00. The van der Waals surface area contributed by atoms with Crippen molar-refractivity contribution in [2.24, 2.45) is 0 Å². The van der Waals surface area contributed by atoms with Crippen LogP contribution in [0.1, 0.15) is 65.2 Å². The van der Waals surface area contributed by atoms with Gasteiger partial charge in [-0.05, 0) is 52.7 Å². The molecule has 0 spiro atoms. The molecule has 1 saturated heterocycles. The highest BCUT2D eigenvalue weighted by molar-refractivity contribution is 5.78. The van der Waals surface area contributed by atoms with E-state index in [1.165, 1.54) is 38.5 Å². The van der Waals surface area contributed by atoms with E-state index in [1.54, 1.807) is 0 Å². The van der Waals surface area contributed by atoms with Crippen LogP contribution in [0, 0.1) is 0 Å². The lowest BCUT2D eigenvalue weighted by Gasteiger charge is -2.35. The highest BCUT2D eigenvalue weighted by Crippen LogP contribution is 2.18. The minimum Gasteiger partial charge on any atom is -0.353 e. The maximum atomic E-state index is 12.2.